The quantitative estimate of drug-likeness (QED) is 0.0279. The Labute approximate surface area is 777 Å². The third kappa shape index (κ3) is 29.2. The van der Waals surface area contributed by atoms with E-state index < -0.39 is 302 Å². The minimum absolute atomic E-state index is 0.106. The number of fused-ring (bicyclic) bond motifs is 3. The lowest BCUT2D eigenvalue weighted by atomic mass is 9.98. The molecule has 3 aliphatic heterocycles. The number of hydrogen-bond donors (Lipinski definition) is 15. The van der Waals surface area contributed by atoms with E-state index in [-0.39, 0.29) is 62.1 Å². The number of nitrogens with two attached hydrogens (primary N) is 2. The Morgan fingerprint density at radius 2 is 1.07 bits per heavy atom. The summed E-state index contributed by atoms with van der Waals surface area (Å²) in [5.74, 6) is -29.9. The van der Waals surface area contributed by atoms with Gasteiger partial charge in [0.2, 0.25) is 94.5 Å². The van der Waals surface area contributed by atoms with Crippen molar-refractivity contribution in [2.45, 2.75) is 189 Å². The Balaban J connectivity index is 1.14. The molecule has 0 unspecified atom stereocenters. The van der Waals surface area contributed by atoms with Crippen LogP contribution in [0.15, 0.2) is 121 Å². The van der Waals surface area contributed by atoms with Gasteiger partial charge in [0.15, 0.2) is 17.5 Å². The van der Waals surface area contributed by atoms with Gasteiger partial charge in [0, 0.05) is 95.6 Å². The average molecular weight is 1900 g/mol. The first kappa shape index (κ1) is 105. The zero-order valence-corrected chi connectivity index (χ0v) is 75.7. The number of halogens is 4. The summed E-state index contributed by atoms with van der Waals surface area (Å²) in [4.78, 5) is 270. The fourth-order valence-electron chi connectivity index (χ4n) is 16.0. The van der Waals surface area contributed by atoms with Crippen molar-refractivity contribution in [2.75, 3.05) is 65.5 Å². The molecule has 6 aromatic rings. The number of benzene rings is 5. The molecule has 135 heavy (non-hydrogen) atoms. The van der Waals surface area contributed by atoms with Crippen molar-refractivity contribution in [1.82, 2.24) is 77.3 Å². The zero-order chi connectivity index (χ0) is 98.8. The maximum Gasteiger partial charge on any atom is 0.305 e. The van der Waals surface area contributed by atoms with Gasteiger partial charge in [-0.25, -0.2) is 17.6 Å². The number of thioether (sulfide) groups is 1. The number of ether oxygens (including phenoxy) is 1. The molecule has 3 fully saturated rings. The standard InChI is InChI=1S/C91H111F4N17O22S/c1-7-8-19-68-90(132)111-31-14-20-67(111)84(126)105-64(42-76(119)120)83(125)107-78(48(2)3)91(133)109(5)69(38-49-15-10-9-11-16-49)85(127)101-60(29-30-75(117)118)88(130)112-32-33-134-45-71(112)86(128)104-62(40-53-43-98-59-18-13-12-17-56(53)59)81(123)102-61(36-50-23-27-55(113)28-24-50)80(122)103-63(41-72(96)114)82(124)106-66(79(121)99-44-73(97)115)46-135-47-74(116)100-65(37-52-34-57(93)77(95)58(94)35-52)87(129)110(6)70(89(131)108(68)4)39-51-21-25-54(92)26-22-51/h9-13,15-18,21-28,34-35,43,48,60-71,78,98,113H,7-8,14,19-20,29-33,36-42,44-47H2,1-6H3,(H2,96,114)(H2,97,115)(H,99,121)(H,100,116)(H,101,127)(H,102,123)(H,103,122)(H,104,128)(H,105,126)(H,106,124)(H,107,125)(H,117,118)(H,119,120)/t60-,61-,62+,63-,64-,65-,66-,67+,68-,69-,70-,71+,78+/m0/s1. The molecule has 0 radical (unpaired) electrons. The van der Waals surface area contributed by atoms with Gasteiger partial charge < -0.3 is 109 Å². The summed E-state index contributed by atoms with van der Waals surface area (Å²) >= 11 is 0.540. The Hall–Kier alpha value is -14.1. The van der Waals surface area contributed by atoms with Crippen molar-refractivity contribution in [3.63, 3.8) is 0 Å². The number of hydrogen-bond acceptors (Lipinski definition) is 21. The summed E-state index contributed by atoms with van der Waals surface area (Å²) in [6, 6.07) is 2.38. The SMILES string of the molecule is CCCC[C@H]1C(=O)N2CCC[C@@H]2C(=O)N[C@@H](CC(=O)O)C(=O)N[C@H](C(C)C)C(=O)N(C)[C@@H](Cc2ccccc2)C(=O)N[C@@H](CCC(=O)O)C(=O)N2CCOC[C@@H]2C(=O)N[C@H](Cc2c[nH]c3ccccc23)C(=O)N[C@@H](Cc2ccc(O)cc2)C(=O)N[C@@H](CC(N)=O)C(=O)N[C@H](C(=O)NCC(N)=O)CSCC(=O)N[C@@H](Cc2cc(F)c(F)c(F)c2)C(=O)N(C)[C@@H](Cc2ccc(F)cc2)C(=O)N1C. The van der Waals surface area contributed by atoms with Crippen LogP contribution in [0.25, 0.3) is 10.9 Å². The molecular weight excluding hydrogens is 1790 g/mol. The number of phenolic OH excluding ortho intramolecular Hbond substituents is 1. The number of para-hydroxylation sites is 1. The summed E-state index contributed by atoms with van der Waals surface area (Å²) in [5, 5.41) is 53.7. The molecule has 3 aliphatic rings. The van der Waals surface area contributed by atoms with Crippen LogP contribution < -0.4 is 59.3 Å². The highest BCUT2D eigenvalue weighted by molar-refractivity contribution is 8.00. The first-order valence-electron chi connectivity index (χ1n) is 43.6. The molecule has 9 rings (SSSR count). The molecule has 5 aromatic carbocycles. The Morgan fingerprint density at radius 1 is 0.526 bits per heavy atom. The second-order valence-corrected chi connectivity index (χ2v) is 34.5. The van der Waals surface area contributed by atoms with Crippen LogP contribution in [0.4, 0.5) is 17.6 Å². The molecule has 13 atom stereocenters. The summed E-state index contributed by atoms with van der Waals surface area (Å²) in [7, 11) is 3.48. The third-order valence-electron chi connectivity index (χ3n) is 23.3. The number of rotatable bonds is 24. The van der Waals surface area contributed by atoms with E-state index in [0.29, 0.717) is 52.3 Å². The number of carboxylic acids is 2. The number of primary amides is 2. The van der Waals surface area contributed by atoms with E-state index in [1.165, 1.54) is 70.5 Å². The summed E-state index contributed by atoms with van der Waals surface area (Å²) in [6.45, 7) is 2.43. The van der Waals surface area contributed by atoms with E-state index >= 15 is 51.9 Å². The summed E-state index contributed by atoms with van der Waals surface area (Å²) in [6.07, 6.45) is -4.21. The topological polar surface area (TPSA) is 569 Å². The number of likely N-dealkylation sites (N-methyl/N-ethyl adjacent to an activating group) is 3. The first-order valence-corrected chi connectivity index (χ1v) is 44.8. The molecular formula is C91H111F4N17O22S. The molecule has 4 heterocycles. The highest BCUT2D eigenvalue weighted by Crippen LogP contribution is 2.28. The highest BCUT2D eigenvalue weighted by Gasteiger charge is 2.47. The fraction of sp³-hybridized carbons (Fsp3) is 0.451. The molecule has 39 nitrogen and oxygen atoms in total. The highest BCUT2D eigenvalue weighted by atomic mass is 32.2. The third-order valence-corrected chi connectivity index (χ3v) is 24.3. The summed E-state index contributed by atoms with van der Waals surface area (Å²) < 4.78 is 65.5. The molecule has 1 aromatic heterocycles. The van der Waals surface area contributed by atoms with Gasteiger partial charge in [-0.15, -0.1) is 11.8 Å². The number of aromatic nitrogens is 1. The molecule has 0 saturated carbocycles. The van der Waals surface area contributed by atoms with Crippen LogP contribution in [0.3, 0.4) is 0 Å². The van der Waals surface area contributed by atoms with Crippen LogP contribution >= 0.6 is 11.8 Å². The molecule has 0 bridgehead atoms. The van der Waals surface area contributed by atoms with Gasteiger partial charge in [0.1, 0.15) is 90.1 Å². The zero-order valence-electron chi connectivity index (χ0n) is 74.9. The Kier molecular flexibility index (Phi) is 38.0. The number of H-pyrrole nitrogens is 1. The number of amides is 16. The monoisotopic (exact) mass is 1900 g/mol. The lowest BCUT2D eigenvalue weighted by Crippen LogP contribution is -2.64. The van der Waals surface area contributed by atoms with E-state index in [0.717, 1.165) is 43.7 Å². The number of phenols is 1. The van der Waals surface area contributed by atoms with Gasteiger partial charge in [-0.05, 0) is 102 Å². The minimum atomic E-state index is -2.09. The van der Waals surface area contributed by atoms with Crippen LogP contribution in [0.1, 0.15) is 106 Å². The number of aromatic hydroxyl groups is 1. The van der Waals surface area contributed by atoms with Crippen molar-refractivity contribution in [3.8, 4) is 5.75 Å². The molecule has 0 aliphatic carbocycles. The number of aliphatic carboxylic acids is 2. The van der Waals surface area contributed by atoms with Crippen LogP contribution in [0.2, 0.25) is 0 Å². The number of carboxylic acid groups (broad SMARTS) is 2. The van der Waals surface area contributed by atoms with Gasteiger partial charge in [-0.1, -0.05) is 106 Å². The Morgan fingerprint density at radius 3 is 1.72 bits per heavy atom. The number of carbonyl (C=O) groups excluding carboxylic acids is 16. The van der Waals surface area contributed by atoms with Crippen LogP contribution in [0.5, 0.6) is 5.75 Å². The van der Waals surface area contributed by atoms with Gasteiger partial charge in [-0.2, -0.15) is 0 Å². The predicted molar refractivity (Wildman–Crippen MR) is 477 cm³/mol. The molecule has 726 valence electrons. The maximum absolute atomic E-state index is 15.7. The van der Waals surface area contributed by atoms with E-state index in [4.69, 9.17) is 16.2 Å². The van der Waals surface area contributed by atoms with E-state index in [2.05, 4.69) is 52.8 Å². The van der Waals surface area contributed by atoms with Gasteiger partial charge >= 0.3 is 11.9 Å². The van der Waals surface area contributed by atoms with E-state index in [1.807, 2.05) is 0 Å². The number of carbonyl (C=O) groups is 18. The number of nitrogens with one attached hydrogen (secondary N) is 10. The van der Waals surface area contributed by atoms with Crippen molar-refractivity contribution in [1.29, 1.82) is 0 Å². The number of aromatic amines is 1. The predicted octanol–water partition coefficient (Wildman–Crippen LogP) is -0.0696. The van der Waals surface area contributed by atoms with Crippen molar-refractivity contribution < 1.29 is 124 Å². The molecule has 17 N–H and O–H groups in total. The Bertz CT molecular complexity index is 5330. The van der Waals surface area contributed by atoms with Gasteiger partial charge in [0.25, 0.3) is 0 Å². The van der Waals surface area contributed by atoms with Gasteiger partial charge in [0.05, 0.1) is 38.4 Å². The van der Waals surface area contributed by atoms with Gasteiger partial charge in [-0.3, -0.25) is 86.3 Å². The second kappa shape index (κ2) is 49.1. The van der Waals surface area contributed by atoms with Crippen molar-refractivity contribution in [3.05, 3.63) is 173 Å². The van der Waals surface area contributed by atoms with Crippen LogP contribution in [-0.4, -0.2) is 295 Å². The largest absolute Gasteiger partial charge is 0.508 e. The fourth-order valence-corrected chi connectivity index (χ4v) is 16.8. The van der Waals surface area contributed by atoms with E-state index in [1.54, 1.807) is 61.5 Å². The molecule has 0 spiro atoms. The lowest BCUT2D eigenvalue weighted by Gasteiger charge is -2.38. The van der Waals surface area contributed by atoms with Crippen molar-refractivity contribution >= 4 is 129 Å². The van der Waals surface area contributed by atoms with Crippen LogP contribution in [-0.2, 0) is 123 Å². The molecule has 3 saturated heterocycles. The molecule has 44 heteroatoms. The number of nitrogens with zero attached hydrogens (tertiary/aromatic N) is 5. The number of morpholine rings is 1. The molecule has 16 amide bonds. The second-order valence-electron chi connectivity index (χ2n) is 33.5. The van der Waals surface area contributed by atoms with Crippen molar-refractivity contribution in [2.24, 2.45) is 17.4 Å². The first-order chi connectivity index (χ1) is 64.1. The van der Waals surface area contributed by atoms with Crippen LogP contribution in [0, 0.1) is 29.2 Å². The average Bonchev–Trinajstić information content (AvgIpc) is 1.76. The normalized spacial score (nSPS) is 23.4. The van der Waals surface area contributed by atoms with E-state index in [9.17, 15) is 67.3 Å². The smallest absolute Gasteiger partial charge is 0.305 e. The lowest BCUT2D eigenvalue weighted by molar-refractivity contribution is -0.152. The minimum Gasteiger partial charge on any atom is -0.508 e. The number of unbranched alkanes of at least 4 members (excludes halogenated alkanes) is 1. The summed E-state index contributed by atoms with van der Waals surface area (Å²) in [5.41, 5.74) is 12.4. The maximum atomic E-state index is 15.7.